The molecule has 88 valence electrons. The van der Waals surface area contributed by atoms with Gasteiger partial charge in [0.2, 0.25) is 0 Å². The van der Waals surface area contributed by atoms with Gasteiger partial charge in [-0.1, -0.05) is 6.08 Å². The molecule has 0 bridgehead atoms. The SMILES string of the molecule is C=CCSCCN1CCCNC(C)(C)C1. The van der Waals surface area contributed by atoms with Crippen LogP contribution in [0.25, 0.3) is 0 Å². The summed E-state index contributed by atoms with van der Waals surface area (Å²) in [7, 11) is 0. The molecule has 3 heteroatoms. The zero-order valence-corrected chi connectivity index (χ0v) is 10.9. The summed E-state index contributed by atoms with van der Waals surface area (Å²) in [6.45, 7) is 13.1. The minimum atomic E-state index is 0.277. The number of thioether (sulfide) groups is 1. The van der Waals surface area contributed by atoms with E-state index < -0.39 is 0 Å². The third-order valence-corrected chi connectivity index (χ3v) is 3.60. The van der Waals surface area contributed by atoms with E-state index in [1.165, 1.54) is 31.8 Å². The summed E-state index contributed by atoms with van der Waals surface area (Å²) in [4.78, 5) is 2.58. The van der Waals surface area contributed by atoms with E-state index in [1.54, 1.807) is 0 Å². The normalized spacial score (nSPS) is 22.3. The minimum absolute atomic E-state index is 0.277. The van der Waals surface area contributed by atoms with Gasteiger partial charge in [0.05, 0.1) is 0 Å². The molecule has 1 N–H and O–H groups in total. The summed E-state index contributed by atoms with van der Waals surface area (Å²) in [5.74, 6) is 2.30. The lowest BCUT2D eigenvalue weighted by atomic mass is 10.1. The van der Waals surface area contributed by atoms with Crippen molar-refractivity contribution in [3.05, 3.63) is 12.7 Å². The minimum Gasteiger partial charge on any atom is -0.310 e. The van der Waals surface area contributed by atoms with Crippen LogP contribution in [0.15, 0.2) is 12.7 Å². The van der Waals surface area contributed by atoms with Crippen molar-refractivity contribution in [2.45, 2.75) is 25.8 Å². The van der Waals surface area contributed by atoms with Crippen molar-refractivity contribution in [1.29, 1.82) is 0 Å². The van der Waals surface area contributed by atoms with Gasteiger partial charge in [0, 0.05) is 30.1 Å². The molecule has 1 aliphatic heterocycles. The molecule has 1 saturated heterocycles. The molecule has 1 aliphatic rings. The van der Waals surface area contributed by atoms with Crippen molar-refractivity contribution >= 4 is 11.8 Å². The van der Waals surface area contributed by atoms with E-state index in [2.05, 4.69) is 30.6 Å². The first kappa shape index (κ1) is 13.1. The molecule has 1 rings (SSSR count). The lowest BCUT2D eigenvalue weighted by Crippen LogP contribution is -2.46. The van der Waals surface area contributed by atoms with Crippen molar-refractivity contribution in [2.75, 3.05) is 37.7 Å². The maximum Gasteiger partial charge on any atom is 0.0252 e. The lowest BCUT2D eigenvalue weighted by Gasteiger charge is -2.29. The molecule has 0 aromatic carbocycles. The Balaban J connectivity index is 2.24. The van der Waals surface area contributed by atoms with Gasteiger partial charge in [-0.05, 0) is 33.4 Å². The maximum atomic E-state index is 3.74. The fourth-order valence-corrected chi connectivity index (χ4v) is 2.70. The Hall–Kier alpha value is 0.01000. The predicted molar refractivity (Wildman–Crippen MR) is 70.7 cm³/mol. The molecule has 0 saturated carbocycles. The Morgan fingerprint density at radius 3 is 3.07 bits per heavy atom. The zero-order valence-electron chi connectivity index (χ0n) is 10.1. The summed E-state index contributed by atoms with van der Waals surface area (Å²) in [5.41, 5.74) is 0.277. The van der Waals surface area contributed by atoms with E-state index in [4.69, 9.17) is 0 Å². The van der Waals surface area contributed by atoms with Crippen LogP contribution in [0.4, 0.5) is 0 Å². The molecule has 1 fully saturated rings. The Kier molecular flexibility index (Phi) is 5.72. The van der Waals surface area contributed by atoms with E-state index in [1.807, 2.05) is 17.8 Å². The number of hydrogen-bond acceptors (Lipinski definition) is 3. The first-order valence-electron chi connectivity index (χ1n) is 5.80. The Morgan fingerprint density at radius 1 is 1.53 bits per heavy atom. The Morgan fingerprint density at radius 2 is 2.33 bits per heavy atom. The van der Waals surface area contributed by atoms with Gasteiger partial charge in [-0.3, -0.25) is 0 Å². The van der Waals surface area contributed by atoms with Gasteiger partial charge in [0.15, 0.2) is 0 Å². The molecule has 0 unspecified atom stereocenters. The highest BCUT2D eigenvalue weighted by Crippen LogP contribution is 2.11. The zero-order chi connectivity index (χ0) is 11.1. The summed E-state index contributed by atoms with van der Waals surface area (Å²) in [5, 5.41) is 3.59. The third kappa shape index (κ3) is 5.59. The summed E-state index contributed by atoms with van der Waals surface area (Å²) in [6, 6.07) is 0. The van der Waals surface area contributed by atoms with Crippen LogP contribution in [0.5, 0.6) is 0 Å². The number of rotatable bonds is 5. The fraction of sp³-hybridized carbons (Fsp3) is 0.833. The van der Waals surface area contributed by atoms with E-state index >= 15 is 0 Å². The van der Waals surface area contributed by atoms with Gasteiger partial charge in [-0.15, -0.1) is 6.58 Å². The monoisotopic (exact) mass is 228 g/mol. The van der Waals surface area contributed by atoms with Crippen LogP contribution in [-0.2, 0) is 0 Å². The van der Waals surface area contributed by atoms with E-state index in [0.717, 1.165) is 12.3 Å². The number of nitrogens with zero attached hydrogens (tertiary/aromatic N) is 1. The van der Waals surface area contributed by atoms with E-state index in [-0.39, 0.29) is 5.54 Å². The van der Waals surface area contributed by atoms with Crippen LogP contribution in [0.3, 0.4) is 0 Å². The third-order valence-electron chi connectivity index (χ3n) is 2.66. The summed E-state index contributed by atoms with van der Waals surface area (Å²) < 4.78 is 0. The standard InChI is InChI=1S/C12H24N2S/c1-4-9-15-10-8-14-7-5-6-13-12(2,3)11-14/h4,13H,1,5-11H2,2-3H3. The highest BCUT2D eigenvalue weighted by molar-refractivity contribution is 7.99. The molecule has 1 heterocycles. The fourth-order valence-electron chi connectivity index (χ4n) is 1.97. The van der Waals surface area contributed by atoms with Crippen LogP contribution in [0.2, 0.25) is 0 Å². The molecule has 0 atom stereocenters. The van der Waals surface area contributed by atoms with Crippen molar-refractivity contribution in [1.82, 2.24) is 10.2 Å². The molecule has 0 amide bonds. The summed E-state index contributed by atoms with van der Waals surface area (Å²) >= 11 is 1.97. The molecular formula is C12H24N2S. The van der Waals surface area contributed by atoms with Gasteiger partial charge >= 0.3 is 0 Å². The second-order valence-electron chi connectivity index (χ2n) is 4.80. The number of nitrogens with one attached hydrogen (secondary N) is 1. The van der Waals surface area contributed by atoms with Crippen molar-refractivity contribution in [3.63, 3.8) is 0 Å². The van der Waals surface area contributed by atoms with Crippen LogP contribution in [-0.4, -0.2) is 48.1 Å². The maximum absolute atomic E-state index is 3.74. The van der Waals surface area contributed by atoms with Crippen molar-refractivity contribution in [3.8, 4) is 0 Å². The van der Waals surface area contributed by atoms with Gasteiger partial charge in [-0.2, -0.15) is 11.8 Å². The highest BCUT2D eigenvalue weighted by Gasteiger charge is 2.23. The van der Waals surface area contributed by atoms with Crippen LogP contribution < -0.4 is 5.32 Å². The Bertz CT molecular complexity index is 192. The van der Waals surface area contributed by atoms with Crippen LogP contribution >= 0.6 is 11.8 Å². The first-order chi connectivity index (χ1) is 7.14. The highest BCUT2D eigenvalue weighted by atomic mass is 32.2. The van der Waals surface area contributed by atoms with Gasteiger partial charge in [0.25, 0.3) is 0 Å². The second kappa shape index (κ2) is 6.56. The van der Waals surface area contributed by atoms with Crippen LogP contribution in [0, 0.1) is 0 Å². The quantitative estimate of drug-likeness (QED) is 0.572. The molecule has 0 radical (unpaired) electrons. The van der Waals surface area contributed by atoms with Crippen molar-refractivity contribution in [2.24, 2.45) is 0 Å². The van der Waals surface area contributed by atoms with Crippen molar-refractivity contribution < 1.29 is 0 Å². The Labute approximate surface area is 98.5 Å². The average Bonchev–Trinajstić information content (AvgIpc) is 2.34. The first-order valence-corrected chi connectivity index (χ1v) is 6.95. The topological polar surface area (TPSA) is 15.3 Å². The van der Waals surface area contributed by atoms with Gasteiger partial charge < -0.3 is 10.2 Å². The van der Waals surface area contributed by atoms with Gasteiger partial charge in [-0.25, -0.2) is 0 Å². The molecule has 0 spiro atoms. The van der Waals surface area contributed by atoms with Crippen LogP contribution in [0.1, 0.15) is 20.3 Å². The molecule has 15 heavy (non-hydrogen) atoms. The molecular weight excluding hydrogens is 204 g/mol. The summed E-state index contributed by atoms with van der Waals surface area (Å²) in [6.07, 6.45) is 3.26. The number of hydrogen-bond donors (Lipinski definition) is 1. The lowest BCUT2D eigenvalue weighted by molar-refractivity contribution is 0.243. The van der Waals surface area contributed by atoms with Gasteiger partial charge in [0.1, 0.15) is 0 Å². The smallest absolute Gasteiger partial charge is 0.0252 e. The molecule has 0 aliphatic carbocycles. The second-order valence-corrected chi connectivity index (χ2v) is 5.95. The molecule has 0 aromatic heterocycles. The average molecular weight is 228 g/mol. The predicted octanol–water partition coefficient (Wildman–Crippen LogP) is 1.98. The van der Waals surface area contributed by atoms with E-state index in [9.17, 15) is 0 Å². The molecule has 2 nitrogen and oxygen atoms in total. The van der Waals surface area contributed by atoms with E-state index in [0.29, 0.717) is 0 Å². The largest absolute Gasteiger partial charge is 0.310 e. The molecule has 0 aromatic rings.